The molecule has 1 saturated heterocycles. The molecular formula is C23H25F2N7O2. The van der Waals surface area contributed by atoms with Crippen molar-refractivity contribution in [2.24, 2.45) is 0 Å². The molecule has 2 N–H and O–H groups in total. The first-order valence-electron chi connectivity index (χ1n) is 11.0. The van der Waals surface area contributed by atoms with E-state index < -0.39 is 11.9 Å². The minimum absolute atomic E-state index is 0.0240. The highest BCUT2D eigenvalue weighted by Gasteiger charge is 2.12. The molecule has 0 atom stereocenters. The zero-order valence-electron chi connectivity index (χ0n) is 18.5. The van der Waals surface area contributed by atoms with Crippen molar-refractivity contribution in [1.82, 2.24) is 35.5 Å². The maximum atomic E-state index is 14.6. The smallest absolute Gasteiger partial charge is 0.308 e. The third-order valence-corrected chi connectivity index (χ3v) is 5.29. The van der Waals surface area contributed by atoms with Crippen LogP contribution in [0.5, 0.6) is 5.75 Å². The van der Waals surface area contributed by atoms with Crippen LogP contribution in [-0.2, 0) is 17.8 Å². The lowest BCUT2D eigenvalue weighted by Gasteiger charge is -2.26. The number of halogens is 2. The van der Waals surface area contributed by atoms with Crippen molar-refractivity contribution >= 4 is 5.91 Å². The molecule has 0 aliphatic carbocycles. The Morgan fingerprint density at radius 2 is 1.91 bits per heavy atom. The van der Waals surface area contributed by atoms with E-state index in [1.807, 2.05) is 0 Å². The van der Waals surface area contributed by atoms with E-state index in [1.165, 1.54) is 30.7 Å². The Labute approximate surface area is 195 Å². The quantitative estimate of drug-likeness (QED) is 0.453. The molecule has 3 aromatic rings. The van der Waals surface area contributed by atoms with Gasteiger partial charge >= 0.3 is 6.08 Å². The lowest BCUT2D eigenvalue weighted by Crippen LogP contribution is -2.44. The number of carbonyl (C=O) groups excluding carboxylic acids is 1. The van der Waals surface area contributed by atoms with Crippen molar-refractivity contribution in [3.05, 3.63) is 66.0 Å². The third-order valence-electron chi connectivity index (χ3n) is 5.29. The monoisotopic (exact) mass is 469 g/mol. The minimum atomic E-state index is -0.849. The molecule has 0 unspecified atom stereocenters. The van der Waals surface area contributed by atoms with Gasteiger partial charge in [0.2, 0.25) is 5.91 Å². The van der Waals surface area contributed by atoms with Gasteiger partial charge in [0, 0.05) is 57.4 Å². The summed E-state index contributed by atoms with van der Waals surface area (Å²) >= 11 is 0. The summed E-state index contributed by atoms with van der Waals surface area (Å²) in [4.78, 5) is 29.7. The largest absolute Gasteiger partial charge is 0.492 e. The molecule has 1 aliphatic rings. The third kappa shape index (κ3) is 6.72. The van der Waals surface area contributed by atoms with Crippen LogP contribution in [0.25, 0.3) is 11.4 Å². The Kier molecular flexibility index (Phi) is 7.99. The molecular weight excluding hydrogens is 444 g/mol. The SMILES string of the molecule is O=C(Cc1cnc(-c2ccc(OCCN3CCNCC3)cc2F)nc1)NCc1ccnc(F)n1. The fourth-order valence-corrected chi connectivity index (χ4v) is 3.48. The van der Waals surface area contributed by atoms with Gasteiger partial charge in [-0.2, -0.15) is 4.39 Å². The second kappa shape index (κ2) is 11.5. The number of nitrogens with zero attached hydrogens (tertiary/aromatic N) is 5. The van der Waals surface area contributed by atoms with Gasteiger partial charge < -0.3 is 15.4 Å². The molecule has 11 heteroatoms. The Hall–Kier alpha value is -3.57. The van der Waals surface area contributed by atoms with Crippen molar-refractivity contribution < 1.29 is 18.3 Å². The molecule has 1 fully saturated rings. The molecule has 1 aliphatic heterocycles. The fraction of sp³-hybridized carbons (Fsp3) is 0.348. The fourth-order valence-electron chi connectivity index (χ4n) is 3.48. The maximum Gasteiger partial charge on any atom is 0.308 e. The summed E-state index contributed by atoms with van der Waals surface area (Å²) in [5.41, 5.74) is 1.17. The average Bonchev–Trinajstić information content (AvgIpc) is 2.84. The van der Waals surface area contributed by atoms with Crippen LogP contribution in [0, 0.1) is 11.9 Å². The van der Waals surface area contributed by atoms with Crippen LogP contribution in [0.2, 0.25) is 0 Å². The highest BCUT2D eigenvalue weighted by molar-refractivity contribution is 5.78. The lowest BCUT2D eigenvalue weighted by atomic mass is 10.1. The van der Waals surface area contributed by atoms with Crippen molar-refractivity contribution in [3.63, 3.8) is 0 Å². The number of piperazine rings is 1. The summed E-state index contributed by atoms with van der Waals surface area (Å²) in [6.45, 7) is 5.25. The van der Waals surface area contributed by atoms with Crippen molar-refractivity contribution in [2.75, 3.05) is 39.3 Å². The zero-order valence-corrected chi connectivity index (χ0v) is 18.5. The number of hydrogen-bond donors (Lipinski definition) is 2. The number of rotatable bonds is 9. The highest BCUT2D eigenvalue weighted by Crippen LogP contribution is 2.23. The van der Waals surface area contributed by atoms with E-state index >= 15 is 0 Å². The van der Waals surface area contributed by atoms with Gasteiger partial charge in [-0.1, -0.05) is 0 Å². The summed E-state index contributed by atoms with van der Waals surface area (Å²) in [6, 6.07) is 6.11. The summed E-state index contributed by atoms with van der Waals surface area (Å²) in [5, 5.41) is 5.94. The molecule has 34 heavy (non-hydrogen) atoms. The topological polar surface area (TPSA) is 105 Å². The number of benzene rings is 1. The first-order valence-corrected chi connectivity index (χ1v) is 11.0. The van der Waals surface area contributed by atoms with E-state index in [0.29, 0.717) is 23.6 Å². The van der Waals surface area contributed by atoms with Crippen LogP contribution >= 0.6 is 0 Å². The Morgan fingerprint density at radius 1 is 1.12 bits per heavy atom. The van der Waals surface area contributed by atoms with E-state index in [9.17, 15) is 13.6 Å². The molecule has 0 bridgehead atoms. The van der Waals surface area contributed by atoms with Crippen LogP contribution in [0.4, 0.5) is 8.78 Å². The van der Waals surface area contributed by atoms with Crippen LogP contribution in [0.15, 0.2) is 42.9 Å². The predicted octanol–water partition coefficient (Wildman–Crippen LogP) is 1.35. The van der Waals surface area contributed by atoms with Crippen molar-refractivity contribution in [3.8, 4) is 17.1 Å². The Balaban J connectivity index is 1.28. The normalized spacial score (nSPS) is 14.1. The molecule has 0 radical (unpaired) electrons. The molecule has 4 rings (SSSR count). The molecule has 9 nitrogen and oxygen atoms in total. The number of carbonyl (C=O) groups is 1. The average molecular weight is 469 g/mol. The number of hydrogen-bond acceptors (Lipinski definition) is 8. The molecule has 1 amide bonds. The standard InChI is InChI=1S/C23H25F2N7O2/c24-20-12-18(34-10-9-32-7-5-26-6-8-32)1-2-19(20)22-29-13-16(14-30-22)11-21(33)28-15-17-3-4-27-23(25)31-17/h1-4,12-14,26H,5-11,15H2,(H,28,33). The summed E-state index contributed by atoms with van der Waals surface area (Å²) < 4.78 is 33.3. The second-order valence-corrected chi connectivity index (χ2v) is 7.77. The predicted molar refractivity (Wildman–Crippen MR) is 120 cm³/mol. The van der Waals surface area contributed by atoms with E-state index in [0.717, 1.165) is 32.7 Å². The summed E-state index contributed by atoms with van der Waals surface area (Å²) in [6.07, 6.45) is 3.41. The molecule has 0 spiro atoms. The maximum absolute atomic E-state index is 14.6. The van der Waals surface area contributed by atoms with Gasteiger partial charge in [0.1, 0.15) is 18.2 Å². The van der Waals surface area contributed by atoms with Gasteiger partial charge in [-0.15, -0.1) is 0 Å². The zero-order chi connectivity index (χ0) is 23.8. The van der Waals surface area contributed by atoms with Gasteiger partial charge in [-0.25, -0.2) is 24.3 Å². The van der Waals surface area contributed by atoms with Gasteiger partial charge in [0.25, 0.3) is 0 Å². The molecule has 178 valence electrons. The van der Waals surface area contributed by atoms with E-state index in [-0.39, 0.29) is 30.3 Å². The van der Waals surface area contributed by atoms with Gasteiger partial charge in [0.15, 0.2) is 5.82 Å². The number of ether oxygens (including phenoxy) is 1. The highest BCUT2D eigenvalue weighted by atomic mass is 19.1. The molecule has 1 aromatic carbocycles. The van der Waals surface area contributed by atoms with Crippen molar-refractivity contribution in [1.29, 1.82) is 0 Å². The first kappa shape index (κ1) is 23.6. The summed E-state index contributed by atoms with van der Waals surface area (Å²) in [5.74, 6) is -0.121. The van der Waals surface area contributed by atoms with E-state index in [1.54, 1.807) is 12.1 Å². The number of nitrogens with one attached hydrogen (secondary N) is 2. The number of amides is 1. The number of aromatic nitrogens is 4. The van der Waals surface area contributed by atoms with Gasteiger partial charge in [-0.05, 0) is 23.8 Å². The van der Waals surface area contributed by atoms with E-state index in [4.69, 9.17) is 4.74 Å². The molecule has 3 heterocycles. The lowest BCUT2D eigenvalue weighted by molar-refractivity contribution is -0.120. The summed E-state index contributed by atoms with van der Waals surface area (Å²) in [7, 11) is 0. The van der Waals surface area contributed by atoms with E-state index in [2.05, 4.69) is 35.5 Å². The van der Waals surface area contributed by atoms with Gasteiger partial charge in [-0.3, -0.25) is 9.69 Å². The van der Waals surface area contributed by atoms with Crippen LogP contribution in [0.1, 0.15) is 11.3 Å². The Bertz CT molecular complexity index is 1110. The van der Waals surface area contributed by atoms with Gasteiger partial charge in [0.05, 0.1) is 24.2 Å². The Morgan fingerprint density at radius 3 is 2.65 bits per heavy atom. The second-order valence-electron chi connectivity index (χ2n) is 7.77. The molecule has 2 aromatic heterocycles. The van der Waals surface area contributed by atoms with Crippen LogP contribution in [-0.4, -0.2) is 70.1 Å². The minimum Gasteiger partial charge on any atom is -0.492 e. The molecule has 0 saturated carbocycles. The van der Waals surface area contributed by atoms with Crippen molar-refractivity contribution in [2.45, 2.75) is 13.0 Å². The van der Waals surface area contributed by atoms with Crippen LogP contribution < -0.4 is 15.4 Å². The van der Waals surface area contributed by atoms with Crippen LogP contribution in [0.3, 0.4) is 0 Å². The first-order chi connectivity index (χ1) is 16.6.